The Morgan fingerprint density at radius 3 is 2.62 bits per heavy atom. The minimum absolute atomic E-state index is 0.0327. The fourth-order valence-electron chi connectivity index (χ4n) is 3.65. The van der Waals surface area contributed by atoms with E-state index >= 15 is 0 Å². The summed E-state index contributed by atoms with van der Waals surface area (Å²) in [5.74, 6) is -0.213. The Morgan fingerprint density at radius 2 is 1.97 bits per heavy atom. The molecule has 0 saturated heterocycles. The molecule has 3 N–H and O–H groups in total. The van der Waals surface area contributed by atoms with Gasteiger partial charge < -0.3 is 9.88 Å². The molecule has 2 aromatic rings. The number of hydrogen-bond donors (Lipinski definition) is 2. The highest BCUT2D eigenvalue weighted by Gasteiger charge is 2.25. The summed E-state index contributed by atoms with van der Waals surface area (Å²) >= 11 is 1.43. The van der Waals surface area contributed by atoms with Crippen LogP contribution in [0.15, 0.2) is 34.3 Å². The second kappa shape index (κ2) is 8.89. The molecule has 1 amide bonds. The van der Waals surface area contributed by atoms with Crippen molar-refractivity contribution in [3.05, 3.63) is 35.7 Å². The molecule has 0 spiro atoms. The molecule has 29 heavy (non-hydrogen) atoms. The van der Waals surface area contributed by atoms with Gasteiger partial charge in [0.1, 0.15) is 0 Å². The van der Waals surface area contributed by atoms with E-state index in [-0.39, 0.29) is 10.8 Å². The second-order valence-electron chi connectivity index (χ2n) is 7.55. The van der Waals surface area contributed by atoms with Gasteiger partial charge in [0.15, 0.2) is 5.16 Å². The third-order valence-corrected chi connectivity index (χ3v) is 7.35. The molecule has 158 valence electrons. The lowest BCUT2D eigenvalue weighted by atomic mass is 9.95. The van der Waals surface area contributed by atoms with Gasteiger partial charge in [-0.25, -0.2) is 18.5 Å². The van der Waals surface area contributed by atoms with Gasteiger partial charge in [0.2, 0.25) is 15.9 Å². The van der Waals surface area contributed by atoms with Crippen LogP contribution in [0.4, 0.5) is 5.69 Å². The number of imidazole rings is 1. The summed E-state index contributed by atoms with van der Waals surface area (Å²) in [5.41, 5.74) is 2.55. The van der Waals surface area contributed by atoms with Crippen molar-refractivity contribution in [2.75, 3.05) is 5.32 Å². The summed E-state index contributed by atoms with van der Waals surface area (Å²) in [5, 5.41) is 8.42. The Kier molecular flexibility index (Phi) is 6.70. The van der Waals surface area contributed by atoms with Gasteiger partial charge in [0, 0.05) is 17.4 Å². The zero-order chi connectivity index (χ0) is 21.2. The number of sulfonamides is 1. The number of rotatable bonds is 6. The zero-order valence-corrected chi connectivity index (χ0v) is 18.6. The number of amides is 1. The van der Waals surface area contributed by atoms with E-state index in [1.807, 2.05) is 13.8 Å². The van der Waals surface area contributed by atoms with Crippen molar-refractivity contribution >= 4 is 33.4 Å². The molecular formula is C20H28N4O3S2. The van der Waals surface area contributed by atoms with E-state index in [0.29, 0.717) is 11.7 Å². The SMILES string of the molecule is Cc1nc(SC(C)C(=O)Nc2cccc(S(N)(=O)=O)c2)n(C2CCCCC2)c1C. The number of primary sulfonamides is 1. The number of nitrogens with zero attached hydrogens (tertiary/aromatic N) is 2. The van der Waals surface area contributed by atoms with Gasteiger partial charge in [-0.1, -0.05) is 37.1 Å². The van der Waals surface area contributed by atoms with Crippen LogP contribution in [0, 0.1) is 13.8 Å². The summed E-state index contributed by atoms with van der Waals surface area (Å²) < 4.78 is 25.3. The van der Waals surface area contributed by atoms with Crippen molar-refractivity contribution < 1.29 is 13.2 Å². The third kappa shape index (κ3) is 5.21. The first-order valence-corrected chi connectivity index (χ1v) is 12.2. The molecule has 3 rings (SSSR count). The number of benzene rings is 1. The van der Waals surface area contributed by atoms with E-state index in [2.05, 4.69) is 16.8 Å². The number of nitrogens with one attached hydrogen (secondary N) is 1. The summed E-state index contributed by atoms with van der Waals surface area (Å²) in [6, 6.07) is 6.39. The quantitative estimate of drug-likeness (QED) is 0.670. The van der Waals surface area contributed by atoms with Gasteiger partial charge in [0.05, 0.1) is 15.8 Å². The van der Waals surface area contributed by atoms with Crippen molar-refractivity contribution in [3.63, 3.8) is 0 Å². The number of nitrogens with two attached hydrogens (primary N) is 1. The van der Waals surface area contributed by atoms with Crippen LogP contribution in [0.5, 0.6) is 0 Å². The molecule has 1 aliphatic carbocycles. The summed E-state index contributed by atoms with van der Waals surface area (Å²) in [4.78, 5) is 17.4. The maximum atomic E-state index is 12.7. The normalized spacial score (nSPS) is 16.6. The van der Waals surface area contributed by atoms with Crippen LogP contribution < -0.4 is 10.5 Å². The average Bonchev–Trinajstić information content (AvgIpc) is 2.95. The first-order valence-electron chi connectivity index (χ1n) is 9.82. The number of anilines is 1. The highest BCUT2D eigenvalue weighted by molar-refractivity contribution is 8.00. The minimum Gasteiger partial charge on any atom is -0.325 e. The molecule has 1 fully saturated rings. The highest BCUT2D eigenvalue weighted by atomic mass is 32.2. The molecule has 1 aromatic carbocycles. The topological polar surface area (TPSA) is 107 Å². The first kappa shape index (κ1) is 21.9. The van der Waals surface area contributed by atoms with Crippen LogP contribution in [0.2, 0.25) is 0 Å². The van der Waals surface area contributed by atoms with Crippen molar-refractivity contribution in [1.29, 1.82) is 0 Å². The molecule has 1 saturated carbocycles. The maximum absolute atomic E-state index is 12.7. The maximum Gasteiger partial charge on any atom is 0.238 e. The Morgan fingerprint density at radius 1 is 1.28 bits per heavy atom. The van der Waals surface area contributed by atoms with Gasteiger partial charge in [-0.2, -0.15) is 0 Å². The number of thioether (sulfide) groups is 1. The standard InChI is InChI=1S/C20H28N4O3S2/c1-13-14(2)24(17-9-5-4-6-10-17)20(22-13)28-15(3)19(25)23-16-8-7-11-18(12-16)29(21,26)27/h7-8,11-12,15,17H,4-6,9-10H2,1-3H3,(H,23,25)(H2,21,26,27). The summed E-state index contributed by atoms with van der Waals surface area (Å²) in [6.45, 7) is 5.92. The number of aryl methyl sites for hydroxylation is 1. The lowest BCUT2D eigenvalue weighted by Gasteiger charge is -2.26. The van der Waals surface area contributed by atoms with Crippen molar-refractivity contribution in [2.24, 2.45) is 5.14 Å². The van der Waals surface area contributed by atoms with Crippen LogP contribution in [-0.4, -0.2) is 29.1 Å². The van der Waals surface area contributed by atoms with E-state index in [1.165, 1.54) is 43.2 Å². The second-order valence-corrected chi connectivity index (χ2v) is 10.4. The van der Waals surface area contributed by atoms with Gasteiger partial charge in [-0.15, -0.1) is 0 Å². The van der Waals surface area contributed by atoms with Gasteiger partial charge in [-0.05, 0) is 51.8 Å². The Bertz CT molecular complexity index is 995. The average molecular weight is 437 g/mol. The highest BCUT2D eigenvalue weighted by Crippen LogP contribution is 2.35. The van der Waals surface area contributed by atoms with Gasteiger partial charge in [-0.3, -0.25) is 4.79 Å². The lowest BCUT2D eigenvalue weighted by Crippen LogP contribution is -2.24. The van der Waals surface area contributed by atoms with Crippen LogP contribution in [0.3, 0.4) is 0 Å². The molecule has 1 aromatic heterocycles. The number of carbonyl (C=O) groups is 1. The fourth-order valence-corrected chi connectivity index (χ4v) is 5.29. The monoisotopic (exact) mass is 436 g/mol. The Hall–Kier alpha value is -1.84. The molecule has 1 atom stereocenters. The smallest absolute Gasteiger partial charge is 0.238 e. The molecular weight excluding hydrogens is 408 g/mol. The third-order valence-electron chi connectivity index (χ3n) is 5.38. The molecule has 7 nitrogen and oxygen atoms in total. The molecule has 0 aliphatic heterocycles. The predicted molar refractivity (Wildman–Crippen MR) is 116 cm³/mol. The number of aromatic nitrogens is 2. The summed E-state index contributed by atoms with van der Waals surface area (Å²) in [7, 11) is -3.82. The van der Waals surface area contributed by atoms with E-state index < -0.39 is 15.3 Å². The Balaban J connectivity index is 1.74. The lowest BCUT2D eigenvalue weighted by molar-refractivity contribution is -0.115. The summed E-state index contributed by atoms with van der Waals surface area (Å²) in [6.07, 6.45) is 6.02. The van der Waals surface area contributed by atoms with E-state index in [0.717, 1.165) is 29.4 Å². The van der Waals surface area contributed by atoms with Crippen LogP contribution >= 0.6 is 11.8 Å². The van der Waals surface area contributed by atoms with Gasteiger partial charge in [0.25, 0.3) is 0 Å². The molecule has 0 bridgehead atoms. The Labute approximate surface area is 176 Å². The largest absolute Gasteiger partial charge is 0.325 e. The fraction of sp³-hybridized carbons (Fsp3) is 0.500. The predicted octanol–water partition coefficient (Wildman–Crippen LogP) is 3.77. The first-order chi connectivity index (χ1) is 13.7. The van der Waals surface area contributed by atoms with Crippen molar-refractivity contribution in [3.8, 4) is 0 Å². The van der Waals surface area contributed by atoms with E-state index in [9.17, 15) is 13.2 Å². The van der Waals surface area contributed by atoms with Crippen LogP contribution in [-0.2, 0) is 14.8 Å². The minimum atomic E-state index is -3.82. The van der Waals surface area contributed by atoms with Crippen molar-refractivity contribution in [2.45, 2.75) is 74.2 Å². The molecule has 1 unspecified atom stereocenters. The number of carbonyl (C=O) groups excluding carboxylic acids is 1. The number of hydrogen-bond acceptors (Lipinski definition) is 5. The van der Waals surface area contributed by atoms with Crippen LogP contribution in [0.1, 0.15) is 56.5 Å². The van der Waals surface area contributed by atoms with Gasteiger partial charge >= 0.3 is 0 Å². The molecule has 1 aliphatic rings. The zero-order valence-electron chi connectivity index (χ0n) is 17.0. The molecule has 9 heteroatoms. The molecule has 0 radical (unpaired) electrons. The van der Waals surface area contributed by atoms with E-state index in [4.69, 9.17) is 10.1 Å². The van der Waals surface area contributed by atoms with Crippen molar-refractivity contribution in [1.82, 2.24) is 9.55 Å². The molecule has 1 heterocycles. The van der Waals surface area contributed by atoms with E-state index in [1.54, 1.807) is 12.1 Å². The van der Waals surface area contributed by atoms with Crippen LogP contribution in [0.25, 0.3) is 0 Å².